The van der Waals surface area contributed by atoms with E-state index in [1.54, 1.807) is 6.20 Å². The Bertz CT molecular complexity index is 932. The van der Waals surface area contributed by atoms with E-state index in [-0.39, 0.29) is 11.8 Å². The van der Waals surface area contributed by atoms with Crippen molar-refractivity contribution in [2.75, 3.05) is 13.1 Å². The maximum atomic E-state index is 13.0. The Labute approximate surface area is 146 Å². The molecule has 2 aromatic heterocycles. The van der Waals surface area contributed by atoms with E-state index in [4.69, 9.17) is 0 Å². The third-order valence-corrected chi connectivity index (χ3v) is 4.77. The number of likely N-dealkylation sites (tertiary alicyclic amines) is 1. The number of nitrogens with zero attached hydrogens (tertiary/aromatic N) is 4. The SMILES string of the molecule is Cc1nccc([C@H]2CCCN(C(=O)c3ccc4nc(C)[nH]c4c3)C2)n1. The molecule has 0 unspecified atom stereocenters. The largest absolute Gasteiger partial charge is 0.342 e. The number of hydrogen-bond donors (Lipinski definition) is 1. The van der Waals surface area contributed by atoms with Gasteiger partial charge >= 0.3 is 0 Å². The lowest BCUT2D eigenvalue weighted by Gasteiger charge is -2.32. The van der Waals surface area contributed by atoms with Gasteiger partial charge in [-0.25, -0.2) is 15.0 Å². The number of amides is 1. The highest BCUT2D eigenvalue weighted by Crippen LogP contribution is 2.27. The lowest BCUT2D eigenvalue weighted by Crippen LogP contribution is -2.39. The molecule has 1 saturated heterocycles. The predicted octanol–water partition coefficient (Wildman–Crippen LogP) is 2.99. The molecule has 6 heteroatoms. The van der Waals surface area contributed by atoms with Crippen LogP contribution in [0.15, 0.2) is 30.5 Å². The third-order valence-electron chi connectivity index (χ3n) is 4.77. The monoisotopic (exact) mass is 335 g/mol. The van der Waals surface area contributed by atoms with E-state index in [1.165, 1.54) is 0 Å². The Morgan fingerprint density at radius 3 is 2.96 bits per heavy atom. The number of H-pyrrole nitrogens is 1. The van der Waals surface area contributed by atoms with Gasteiger partial charge in [0.05, 0.1) is 11.0 Å². The van der Waals surface area contributed by atoms with Crippen LogP contribution < -0.4 is 0 Å². The number of piperidine rings is 1. The Balaban J connectivity index is 1.56. The van der Waals surface area contributed by atoms with Crippen molar-refractivity contribution in [1.82, 2.24) is 24.8 Å². The number of aromatic nitrogens is 4. The first-order valence-corrected chi connectivity index (χ1v) is 8.65. The molecule has 0 aliphatic carbocycles. The minimum atomic E-state index is 0.0737. The number of imidazole rings is 1. The summed E-state index contributed by atoms with van der Waals surface area (Å²) in [6, 6.07) is 7.63. The molecule has 3 aromatic rings. The number of carbonyl (C=O) groups is 1. The average Bonchev–Trinajstić information content (AvgIpc) is 3.00. The second kappa shape index (κ2) is 6.27. The Morgan fingerprint density at radius 2 is 2.12 bits per heavy atom. The van der Waals surface area contributed by atoms with Crippen LogP contribution in [-0.2, 0) is 0 Å². The second-order valence-corrected chi connectivity index (χ2v) is 6.67. The van der Waals surface area contributed by atoms with Crippen LogP contribution in [0.4, 0.5) is 0 Å². The molecule has 4 rings (SSSR count). The zero-order valence-corrected chi connectivity index (χ0v) is 14.5. The van der Waals surface area contributed by atoms with Crippen molar-refractivity contribution in [1.29, 1.82) is 0 Å². The maximum Gasteiger partial charge on any atom is 0.253 e. The third kappa shape index (κ3) is 3.12. The molecule has 1 N–H and O–H groups in total. The molecule has 0 saturated carbocycles. The number of nitrogens with one attached hydrogen (secondary N) is 1. The number of benzene rings is 1. The van der Waals surface area contributed by atoms with Gasteiger partial charge in [0.15, 0.2) is 0 Å². The minimum absolute atomic E-state index is 0.0737. The molecule has 3 heterocycles. The first kappa shape index (κ1) is 15.7. The van der Waals surface area contributed by atoms with E-state index in [2.05, 4.69) is 19.9 Å². The highest BCUT2D eigenvalue weighted by molar-refractivity contribution is 5.97. The zero-order valence-electron chi connectivity index (χ0n) is 14.5. The molecule has 6 nitrogen and oxygen atoms in total. The molecule has 1 fully saturated rings. The predicted molar refractivity (Wildman–Crippen MR) is 95.5 cm³/mol. The lowest BCUT2D eigenvalue weighted by atomic mass is 9.94. The molecule has 1 aromatic carbocycles. The van der Waals surface area contributed by atoms with Crippen LogP contribution in [0.25, 0.3) is 11.0 Å². The number of fused-ring (bicyclic) bond motifs is 1. The van der Waals surface area contributed by atoms with Crippen molar-refractivity contribution in [3.05, 3.63) is 53.4 Å². The molecule has 1 atom stereocenters. The van der Waals surface area contributed by atoms with E-state index in [0.717, 1.165) is 47.8 Å². The molecule has 1 aliphatic heterocycles. The van der Waals surface area contributed by atoms with Gasteiger partial charge in [0, 0.05) is 36.5 Å². The van der Waals surface area contributed by atoms with Crippen LogP contribution in [0.3, 0.4) is 0 Å². The van der Waals surface area contributed by atoms with Crippen LogP contribution >= 0.6 is 0 Å². The summed E-state index contributed by atoms with van der Waals surface area (Å²) in [7, 11) is 0. The van der Waals surface area contributed by atoms with Crippen LogP contribution in [-0.4, -0.2) is 43.8 Å². The second-order valence-electron chi connectivity index (χ2n) is 6.67. The number of aryl methyl sites for hydroxylation is 2. The summed E-state index contributed by atoms with van der Waals surface area (Å²) in [4.78, 5) is 31.2. The standard InChI is InChI=1S/C19H21N5O/c1-12-20-8-7-16(21-12)15-4-3-9-24(11-15)19(25)14-5-6-17-18(10-14)23-13(2)22-17/h5-8,10,15H,3-4,9,11H2,1-2H3,(H,22,23)/t15-/m0/s1. The number of rotatable bonds is 2. The Hall–Kier alpha value is -2.76. The molecule has 0 radical (unpaired) electrons. The van der Waals surface area contributed by atoms with Gasteiger partial charge in [-0.3, -0.25) is 4.79 Å². The first-order chi connectivity index (χ1) is 12.1. The summed E-state index contributed by atoms with van der Waals surface area (Å²) < 4.78 is 0. The van der Waals surface area contributed by atoms with E-state index in [9.17, 15) is 4.79 Å². The molecule has 1 aliphatic rings. The van der Waals surface area contributed by atoms with Crippen molar-refractivity contribution in [3.63, 3.8) is 0 Å². The average molecular weight is 335 g/mol. The van der Waals surface area contributed by atoms with Crippen molar-refractivity contribution < 1.29 is 4.79 Å². The summed E-state index contributed by atoms with van der Waals surface area (Å²) in [5.41, 5.74) is 3.53. The minimum Gasteiger partial charge on any atom is -0.342 e. The van der Waals surface area contributed by atoms with Gasteiger partial charge in [0.25, 0.3) is 5.91 Å². The molecule has 25 heavy (non-hydrogen) atoms. The van der Waals surface area contributed by atoms with Crippen LogP contribution in [0, 0.1) is 13.8 Å². The van der Waals surface area contributed by atoms with Gasteiger partial charge < -0.3 is 9.88 Å². The fourth-order valence-electron chi connectivity index (χ4n) is 3.56. The molecule has 0 bridgehead atoms. The molecule has 1 amide bonds. The molecular weight excluding hydrogens is 314 g/mol. The topological polar surface area (TPSA) is 74.8 Å². The van der Waals surface area contributed by atoms with Crippen LogP contribution in [0.1, 0.15) is 46.5 Å². The maximum absolute atomic E-state index is 13.0. The van der Waals surface area contributed by atoms with Crippen molar-refractivity contribution in [2.24, 2.45) is 0 Å². The molecule has 0 spiro atoms. The van der Waals surface area contributed by atoms with E-state index in [1.807, 2.05) is 43.0 Å². The van der Waals surface area contributed by atoms with E-state index in [0.29, 0.717) is 12.1 Å². The Kier molecular flexibility index (Phi) is 3.95. The summed E-state index contributed by atoms with van der Waals surface area (Å²) in [6.07, 6.45) is 3.84. The first-order valence-electron chi connectivity index (χ1n) is 8.65. The highest BCUT2D eigenvalue weighted by Gasteiger charge is 2.26. The Morgan fingerprint density at radius 1 is 1.24 bits per heavy atom. The van der Waals surface area contributed by atoms with Gasteiger partial charge in [0.2, 0.25) is 0 Å². The van der Waals surface area contributed by atoms with Crippen LogP contribution in [0.2, 0.25) is 0 Å². The van der Waals surface area contributed by atoms with Gasteiger partial charge in [-0.05, 0) is 51.0 Å². The smallest absolute Gasteiger partial charge is 0.253 e. The number of carbonyl (C=O) groups excluding carboxylic acids is 1. The van der Waals surface area contributed by atoms with E-state index >= 15 is 0 Å². The summed E-state index contributed by atoms with van der Waals surface area (Å²) in [6.45, 7) is 5.31. The highest BCUT2D eigenvalue weighted by atomic mass is 16.2. The summed E-state index contributed by atoms with van der Waals surface area (Å²) >= 11 is 0. The number of aromatic amines is 1. The summed E-state index contributed by atoms with van der Waals surface area (Å²) in [5, 5.41) is 0. The molecule has 128 valence electrons. The van der Waals surface area contributed by atoms with Crippen molar-refractivity contribution in [3.8, 4) is 0 Å². The van der Waals surface area contributed by atoms with Crippen molar-refractivity contribution >= 4 is 16.9 Å². The van der Waals surface area contributed by atoms with Gasteiger partial charge in [0.1, 0.15) is 11.6 Å². The fraction of sp³-hybridized carbons (Fsp3) is 0.368. The van der Waals surface area contributed by atoms with E-state index < -0.39 is 0 Å². The zero-order chi connectivity index (χ0) is 17.4. The quantitative estimate of drug-likeness (QED) is 0.781. The van der Waals surface area contributed by atoms with Crippen molar-refractivity contribution in [2.45, 2.75) is 32.6 Å². The lowest BCUT2D eigenvalue weighted by molar-refractivity contribution is 0.0706. The normalized spacial score (nSPS) is 17.8. The van der Waals surface area contributed by atoms with Gasteiger partial charge in [-0.15, -0.1) is 0 Å². The summed E-state index contributed by atoms with van der Waals surface area (Å²) in [5.74, 6) is 1.99. The number of hydrogen-bond acceptors (Lipinski definition) is 4. The van der Waals surface area contributed by atoms with Gasteiger partial charge in [-0.2, -0.15) is 0 Å². The van der Waals surface area contributed by atoms with Crippen LogP contribution in [0.5, 0.6) is 0 Å². The van der Waals surface area contributed by atoms with Gasteiger partial charge in [-0.1, -0.05) is 0 Å². The fourth-order valence-corrected chi connectivity index (χ4v) is 3.56. The molecular formula is C19H21N5O.